The number of nitrogens with zero attached hydrogens (tertiary/aromatic N) is 3. The summed E-state index contributed by atoms with van der Waals surface area (Å²) in [6.07, 6.45) is 4.31. The largest absolute Gasteiger partial charge is 0.342 e. The number of imide groups is 1. The van der Waals surface area contributed by atoms with Crippen molar-refractivity contribution >= 4 is 33.6 Å². The number of carbonyl (C=O) groups is 4. The Labute approximate surface area is 199 Å². The van der Waals surface area contributed by atoms with Crippen LogP contribution < -0.4 is 5.32 Å². The van der Waals surface area contributed by atoms with E-state index in [2.05, 4.69) is 5.32 Å². The van der Waals surface area contributed by atoms with Crippen LogP contribution in [-0.4, -0.2) is 85.8 Å². The van der Waals surface area contributed by atoms with Gasteiger partial charge in [0.1, 0.15) is 12.1 Å². The Kier molecular flexibility index (Phi) is 6.41. The van der Waals surface area contributed by atoms with Gasteiger partial charge in [0, 0.05) is 38.4 Å². The summed E-state index contributed by atoms with van der Waals surface area (Å²) in [6.45, 7) is 3.59. The quantitative estimate of drug-likeness (QED) is 0.607. The van der Waals surface area contributed by atoms with Gasteiger partial charge in [-0.2, -0.15) is 0 Å². The molecule has 5 amide bonds. The van der Waals surface area contributed by atoms with E-state index in [-0.39, 0.29) is 29.2 Å². The summed E-state index contributed by atoms with van der Waals surface area (Å²) in [5.41, 5.74) is -0.975. The van der Waals surface area contributed by atoms with Gasteiger partial charge in [-0.25, -0.2) is 13.2 Å². The molecule has 3 aliphatic rings. The van der Waals surface area contributed by atoms with Crippen molar-refractivity contribution in [1.29, 1.82) is 0 Å². The number of carbonyl (C=O) groups excluding carboxylic acids is 4. The fourth-order valence-corrected chi connectivity index (χ4v) is 5.51. The third-order valence-corrected chi connectivity index (χ3v) is 8.17. The second kappa shape index (κ2) is 9.01. The molecule has 3 heterocycles. The number of piperidine rings is 1. The van der Waals surface area contributed by atoms with E-state index in [1.54, 1.807) is 4.90 Å². The van der Waals surface area contributed by atoms with Gasteiger partial charge < -0.3 is 15.1 Å². The van der Waals surface area contributed by atoms with Gasteiger partial charge >= 0.3 is 6.03 Å². The van der Waals surface area contributed by atoms with Crippen molar-refractivity contribution in [3.8, 4) is 0 Å². The maximum atomic E-state index is 13.1. The van der Waals surface area contributed by atoms with Crippen molar-refractivity contribution in [2.24, 2.45) is 5.92 Å². The molecule has 34 heavy (non-hydrogen) atoms. The molecule has 0 radical (unpaired) electrons. The molecule has 3 fully saturated rings. The highest BCUT2D eigenvalue weighted by Crippen LogP contribution is 2.30. The van der Waals surface area contributed by atoms with E-state index < -0.39 is 27.3 Å². The summed E-state index contributed by atoms with van der Waals surface area (Å²) in [5.74, 6) is -0.835. The highest BCUT2D eigenvalue weighted by atomic mass is 32.2. The van der Waals surface area contributed by atoms with Crippen molar-refractivity contribution in [2.45, 2.75) is 43.0 Å². The van der Waals surface area contributed by atoms with E-state index in [0.29, 0.717) is 31.5 Å². The minimum atomic E-state index is -3.40. The van der Waals surface area contributed by atoms with E-state index in [1.807, 2.05) is 4.90 Å². The molecule has 184 valence electrons. The van der Waals surface area contributed by atoms with Crippen LogP contribution in [0.4, 0.5) is 4.79 Å². The van der Waals surface area contributed by atoms with Crippen LogP contribution >= 0.6 is 0 Å². The number of hydrogen-bond acceptors (Lipinski definition) is 6. The lowest BCUT2D eigenvalue weighted by Crippen LogP contribution is -2.48. The average Bonchev–Trinajstić information content (AvgIpc) is 3.42. The normalized spacial score (nSPS) is 24.0. The van der Waals surface area contributed by atoms with Crippen LogP contribution in [0.5, 0.6) is 0 Å². The van der Waals surface area contributed by atoms with Crippen LogP contribution in [0.15, 0.2) is 29.2 Å². The summed E-state index contributed by atoms with van der Waals surface area (Å²) >= 11 is 0. The molecule has 0 bridgehead atoms. The van der Waals surface area contributed by atoms with Gasteiger partial charge in [-0.3, -0.25) is 19.3 Å². The molecule has 4 rings (SSSR count). The Morgan fingerprint density at radius 2 is 1.59 bits per heavy atom. The molecule has 1 unspecified atom stereocenters. The molecule has 0 aromatic heterocycles. The third-order valence-electron chi connectivity index (χ3n) is 7.04. The molecule has 1 atom stereocenters. The van der Waals surface area contributed by atoms with Crippen molar-refractivity contribution in [2.75, 3.05) is 39.0 Å². The standard InChI is InChI=1S/C23H30N4O6S/c1-23(17-5-7-18(8-6-17)34(2,32)33)21(30)27(22(31)24-23)15-19(28)25-13-9-16(10-14-25)20(29)26-11-3-4-12-26/h5-8,16H,3-4,9-15H2,1-2H3,(H,24,31). The van der Waals surface area contributed by atoms with Gasteiger partial charge in [0.25, 0.3) is 5.91 Å². The van der Waals surface area contributed by atoms with Gasteiger partial charge in [-0.15, -0.1) is 0 Å². The second-order valence-electron chi connectivity index (χ2n) is 9.43. The molecule has 1 N–H and O–H groups in total. The lowest BCUT2D eigenvalue weighted by atomic mass is 9.92. The Bertz CT molecular complexity index is 1100. The van der Waals surface area contributed by atoms with E-state index in [9.17, 15) is 27.6 Å². The molecule has 0 saturated carbocycles. The number of urea groups is 1. The predicted octanol–water partition coefficient (Wildman–Crippen LogP) is 0.718. The zero-order valence-corrected chi connectivity index (χ0v) is 20.3. The topological polar surface area (TPSA) is 124 Å². The van der Waals surface area contributed by atoms with Gasteiger partial charge in [0.2, 0.25) is 11.8 Å². The van der Waals surface area contributed by atoms with Crippen LogP contribution in [0.1, 0.15) is 38.2 Å². The fourth-order valence-electron chi connectivity index (χ4n) is 4.88. The Balaban J connectivity index is 1.37. The summed E-state index contributed by atoms with van der Waals surface area (Å²) in [4.78, 5) is 55.7. The minimum absolute atomic E-state index is 0.0861. The molecule has 0 spiro atoms. The zero-order chi connectivity index (χ0) is 24.7. The number of nitrogens with one attached hydrogen (secondary N) is 1. The Hall–Kier alpha value is -2.95. The molecule has 3 aliphatic heterocycles. The molecule has 3 saturated heterocycles. The first kappa shape index (κ1) is 24.2. The molecule has 1 aromatic rings. The number of benzene rings is 1. The number of likely N-dealkylation sites (tertiary alicyclic amines) is 2. The van der Waals surface area contributed by atoms with Crippen LogP contribution in [-0.2, 0) is 29.8 Å². The van der Waals surface area contributed by atoms with E-state index >= 15 is 0 Å². The minimum Gasteiger partial charge on any atom is -0.342 e. The van der Waals surface area contributed by atoms with Crippen molar-refractivity contribution in [3.63, 3.8) is 0 Å². The van der Waals surface area contributed by atoms with Crippen LogP contribution in [0.3, 0.4) is 0 Å². The number of rotatable bonds is 5. The van der Waals surface area contributed by atoms with Crippen LogP contribution in [0.2, 0.25) is 0 Å². The first-order valence-corrected chi connectivity index (χ1v) is 13.4. The molecule has 1 aromatic carbocycles. The first-order chi connectivity index (χ1) is 16.0. The van der Waals surface area contributed by atoms with Crippen LogP contribution in [0.25, 0.3) is 0 Å². The molecule has 0 aliphatic carbocycles. The highest BCUT2D eigenvalue weighted by molar-refractivity contribution is 7.90. The van der Waals surface area contributed by atoms with E-state index in [0.717, 1.165) is 37.1 Å². The van der Waals surface area contributed by atoms with Crippen LogP contribution in [0, 0.1) is 5.92 Å². The summed E-state index contributed by atoms with van der Waals surface area (Å²) in [7, 11) is -3.40. The number of hydrogen-bond donors (Lipinski definition) is 1. The van der Waals surface area contributed by atoms with Crippen molar-refractivity contribution < 1.29 is 27.6 Å². The molecular weight excluding hydrogens is 460 g/mol. The maximum absolute atomic E-state index is 13.1. The van der Waals surface area contributed by atoms with Gasteiger partial charge in [-0.1, -0.05) is 12.1 Å². The second-order valence-corrected chi connectivity index (χ2v) is 11.4. The van der Waals surface area contributed by atoms with E-state index in [4.69, 9.17) is 0 Å². The van der Waals surface area contributed by atoms with Crippen molar-refractivity contribution in [3.05, 3.63) is 29.8 Å². The molecule has 11 heteroatoms. The summed E-state index contributed by atoms with van der Waals surface area (Å²) in [6, 6.07) is 5.07. The maximum Gasteiger partial charge on any atom is 0.325 e. The lowest BCUT2D eigenvalue weighted by Gasteiger charge is -2.33. The smallest absolute Gasteiger partial charge is 0.325 e. The Morgan fingerprint density at radius 1 is 1.00 bits per heavy atom. The van der Waals surface area contributed by atoms with Crippen molar-refractivity contribution in [1.82, 2.24) is 20.0 Å². The zero-order valence-electron chi connectivity index (χ0n) is 19.5. The number of amides is 5. The molecular formula is C23H30N4O6S. The van der Waals surface area contributed by atoms with Gasteiger partial charge in [0.05, 0.1) is 4.90 Å². The lowest BCUT2D eigenvalue weighted by molar-refractivity contribution is -0.142. The summed E-state index contributed by atoms with van der Waals surface area (Å²) < 4.78 is 23.4. The monoisotopic (exact) mass is 490 g/mol. The van der Waals surface area contributed by atoms with Gasteiger partial charge in [-0.05, 0) is 50.3 Å². The first-order valence-electron chi connectivity index (χ1n) is 11.5. The fraction of sp³-hybridized carbons (Fsp3) is 0.565. The Morgan fingerprint density at radius 3 is 2.15 bits per heavy atom. The predicted molar refractivity (Wildman–Crippen MR) is 122 cm³/mol. The van der Waals surface area contributed by atoms with Gasteiger partial charge in [0.15, 0.2) is 9.84 Å². The summed E-state index contributed by atoms with van der Waals surface area (Å²) in [5, 5.41) is 2.63. The average molecular weight is 491 g/mol. The highest BCUT2D eigenvalue weighted by Gasteiger charge is 2.50. The van der Waals surface area contributed by atoms with E-state index in [1.165, 1.54) is 31.2 Å². The number of sulfone groups is 1. The molecule has 10 nitrogen and oxygen atoms in total. The SMILES string of the molecule is CC1(c2ccc(S(C)(=O)=O)cc2)NC(=O)N(CC(=O)N2CCC(C(=O)N3CCCC3)CC2)C1=O. The third kappa shape index (κ3) is 4.53.